The van der Waals surface area contributed by atoms with Gasteiger partial charge in [0.25, 0.3) is 0 Å². The van der Waals surface area contributed by atoms with Gasteiger partial charge in [-0.15, -0.1) is 0 Å². The zero-order chi connectivity index (χ0) is 16.2. The molecule has 1 atom stereocenters. The first-order valence-electron chi connectivity index (χ1n) is 8.26. The molecule has 2 N–H and O–H groups in total. The highest BCUT2D eigenvalue weighted by Gasteiger charge is 2.19. The van der Waals surface area contributed by atoms with Crippen LogP contribution >= 0.6 is 0 Å². The monoisotopic (exact) mass is 312 g/mol. The van der Waals surface area contributed by atoms with Gasteiger partial charge in [0, 0.05) is 23.8 Å². The van der Waals surface area contributed by atoms with Crippen molar-refractivity contribution in [2.45, 2.75) is 39.2 Å². The van der Waals surface area contributed by atoms with E-state index in [0.717, 1.165) is 48.6 Å². The molecule has 1 aromatic heterocycles. The summed E-state index contributed by atoms with van der Waals surface area (Å²) in [5, 5.41) is 11.1. The summed E-state index contributed by atoms with van der Waals surface area (Å²) in [5.41, 5.74) is 4.00. The lowest BCUT2D eigenvalue weighted by molar-refractivity contribution is -0.121. The fraction of sp³-hybridized carbons (Fsp3) is 0.444. The standard InChI is InChI=1S/C18H24N4O/c1-13-17(11-18(23)20-15-7-6-10-19-12-15)14(2)22(21-13)16-8-4-3-5-9-16/h3-5,8-9,15,19H,6-7,10-12H2,1-2H3,(H,20,23). The largest absolute Gasteiger partial charge is 0.352 e. The Morgan fingerprint density at radius 2 is 2.13 bits per heavy atom. The second-order valence-corrected chi connectivity index (χ2v) is 6.18. The van der Waals surface area contributed by atoms with Gasteiger partial charge in [-0.25, -0.2) is 4.68 Å². The number of aromatic nitrogens is 2. The van der Waals surface area contributed by atoms with E-state index in [1.165, 1.54) is 0 Å². The molecule has 2 heterocycles. The predicted molar refractivity (Wildman–Crippen MR) is 90.8 cm³/mol. The summed E-state index contributed by atoms with van der Waals surface area (Å²) in [7, 11) is 0. The average molecular weight is 312 g/mol. The molecule has 0 saturated carbocycles. The maximum atomic E-state index is 12.4. The minimum absolute atomic E-state index is 0.0810. The summed E-state index contributed by atoms with van der Waals surface area (Å²) in [6.07, 6.45) is 2.57. The number of nitrogens with one attached hydrogen (secondary N) is 2. The number of rotatable bonds is 4. The van der Waals surface area contributed by atoms with Crippen molar-refractivity contribution < 1.29 is 4.79 Å². The van der Waals surface area contributed by atoms with Crippen LogP contribution in [0.3, 0.4) is 0 Å². The van der Waals surface area contributed by atoms with Gasteiger partial charge in [-0.3, -0.25) is 4.79 Å². The van der Waals surface area contributed by atoms with Gasteiger partial charge in [-0.05, 0) is 45.4 Å². The summed E-state index contributed by atoms with van der Waals surface area (Å²) in [5.74, 6) is 0.0810. The number of hydrogen-bond acceptors (Lipinski definition) is 3. The Hall–Kier alpha value is -2.14. The zero-order valence-corrected chi connectivity index (χ0v) is 13.8. The third-order valence-electron chi connectivity index (χ3n) is 4.44. The van der Waals surface area contributed by atoms with E-state index in [0.29, 0.717) is 6.42 Å². The number of benzene rings is 1. The second-order valence-electron chi connectivity index (χ2n) is 6.18. The quantitative estimate of drug-likeness (QED) is 0.906. The highest BCUT2D eigenvalue weighted by atomic mass is 16.1. The topological polar surface area (TPSA) is 59.0 Å². The van der Waals surface area contributed by atoms with Crippen LogP contribution in [0.25, 0.3) is 5.69 Å². The van der Waals surface area contributed by atoms with E-state index in [4.69, 9.17) is 0 Å². The molecular weight excluding hydrogens is 288 g/mol. The van der Waals surface area contributed by atoms with Crippen molar-refractivity contribution in [3.05, 3.63) is 47.3 Å². The van der Waals surface area contributed by atoms with Crippen molar-refractivity contribution in [2.75, 3.05) is 13.1 Å². The molecule has 3 rings (SSSR count). The molecule has 1 aromatic carbocycles. The Balaban J connectivity index is 1.73. The lowest BCUT2D eigenvalue weighted by atomic mass is 10.1. The number of hydrogen-bond donors (Lipinski definition) is 2. The van der Waals surface area contributed by atoms with Gasteiger partial charge >= 0.3 is 0 Å². The molecule has 5 heteroatoms. The van der Waals surface area contributed by atoms with Gasteiger partial charge in [0.05, 0.1) is 17.8 Å². The second kappa shape index (κ2) is 6.96. The molecule has 1 unspecified atom stereocenters. The molecule has 1 aliphatic heterocycles. The van der Waals surface area contributed by atoms with E-state index < -0.39 is 0 Å². The van der Waals surface area contributed by atoms with Gasteiger partial charge in [0.15, 0.2) is 0 Å². The molecule has 5 nitrogen and oxygen atoms in total. The van der Waals surface area contributed by atoms with Crippen molar-refractivity contribution >= 4 is 5.91 Å². The average Bonchev–Trinajstić information content (AvgIpc) is 2.85. The minimum Gasteiger partial charge on any atom is -0.352 e. The third kappa shape index (κ3) is 3.62. The number of nitrogens with zero attached hydrogens (tertiary/aromatic N) is 2. The third-order valence-corrected chi connectivity index (χ3v) is 4.44. The summed E-state index contributed by atoms with van der Waals surface area (Å²) >= 11 is 0. The van der Waals surface area contributed by atoms with Crippen LogP contribution in [0.2, 0.25) is 0 Å². The number of piperidine rings is 1. The van der Waals surface area contributed by atoms with E-state index in [9.17, 15) is 4.79 Å². The molecule has 23 heavy (non-hydrogen) atoms. The number of aryl methyl sites for hydroxylation is 1. The molecule has 0 bridgehead atoms. The normalized spacial score (nSPS) is 17.9. The number of carbonyl (C=O) groups is 1. The Bertz CT molecular complexity index is 672. The summed E-state index contributed by atoms with van der Waals surface area (Å²) < 4.78 is 1.92. The van der Waals surface area contributed by atoms with Crippen LogP contribution < -0.4 is 10.6 Å². The molecule has 1 fully saturated rings. The highest BCUT2D eigenvalue weighted by molar-refractivity contribution is 5.79. The van der Waals surface area contributed by atoms with E-state index >= 15 is 0 Å². The SMILES string of the molecule is Cc1nn(-c2ccccc2)c(C)c1CC(=O)NC1CCCNC1. The molecule has 122 valence electrons. The first-order chi connectivity index (χ1) is 11.1. The molecule has 0 spiro atoms. The van der Waals surface area contributed by atoms with Crippen LogP contribution in [0.15, 0.2) is 30.3 Å². The van der Waals surface area contributed by atoms with Crippen LogP contribution in [-0.4, -0.2) is 34.8 Å². The van der Waals surface area contributed by atoms with Crippen molar-refractivity contribution in [1.82, 2.24) is 20.4 Å². The molecule has 0 aliphatic carbocycles. The summed E-state index contributed by atoms with van der Waals surface area (Å²) in [4.78, 5) is 12.4. The van der Waals surface area contributed by atoms with E-state index in [-0.39, 0.29) is 11.9 Å². The molecular formula is C18H24N4O. The Morgan fingerprint density at radius 3 is 2.83 bits per heavy atom. The van der Waals surface area contributed by atoms with E-state index in [2.05, 4.69) is 15.7 Å². The maximum absolute atomic E-state index is 12.4. The first kappa shape index (κ1) is 15.7. The van der Waals surface area contributed by atoms with Crippen molar-refractivity contribution in [3.8, 4) is 5.69 Å². The van der Waals surface area contributed by atoms with Crippen molar-refractivity contribution in [2.24, 2.45) is 0 Å². The summed E-state index contributed by atoms with van der Waals surface area (Å²) in [6, 6.07) is 10.3. The Labute approximate surface area is 137 Å². The first-order valence-corrected chi connectivity index (χ1v) is 8.26. The van der Waals surface area contributed by atoms with Crippen LogP contribution in [0.5, 0.6) is 0 Å². The van der Waals surface area contributed by atoms with Crippen molar-refractivity contribution in [1.29, 1.82) is 0 Å². The molecule has 2 aromatic rings. The molecule has 1 aliphatic rings. The predicted octanol–water partition coefficient (Wildman–Crippen LogP) is 1.90. The zero-order valence-electron chi connectivity index (χ0n) is 13.8. The summed E-state index contributed by atoms with van der Waals surface area (Å²) in [6.45, 7) is 5.91. The van der Waals surface area contributed by atoms with Gasteiger partial charge in [0.2, 0.25) is 5.91 Å². The lowest BCUT2D eigenvalue weighted by Crippen LogP contribution is -2.46. The van der Waals surface area contributed by atoms with Gasteiger partial charge in [-0.1, -0.05) is 18.2 Å². The highest BCUT2D eigenvalue weighted by Crippen LogP contribution is 2.18. The fourth-order valence-electron chi connectivity index (χ4n) is 3.17. The van der Waals surface area contributed by atoms with Crippen LogP contribution in [0, 0.1) is 13.8 Å². The van der Waals surface area contributed by atoms with Crippen LogP contribution in [0.4, 0.5) is 0 Å². The Kier molecular flexibility index (Phi) is 4.76. The number of carbonyl (C=O) groups excluding carboxylic acids is 1. The van der Waals surface area contributed by atoms with Gasteiger partial charge in [0.1, 0.15) is 0 Å². The Morgan fingerprint density at radius 1 is 1.35 bits per heavy atom. The number of amides is 1. The van der Waals surface area contributed by atoms with Crippen LogP contribution in [-0.2, 0) is 11.2 Å². The lowest BCUT2D eigenvalue weighted by Gasteiger charge is -2.23. The number of para-hydroxylation sites is 1. The smallest absolute Gasteiger partial charge is 0.224 e. The molecule has 1 saturated heterocycles. The van der Waals surface area contributed by atoms with Crippen molar-refractivity contribution in [3.63, 3.8) is 0 Å². The fourth-order valence-corrected chi connectivity index (χ4v) is 3.17. The maximum Gasteiger partial charge on any atom is 0.224 e. The minimum atomic E-state index is 0.0810. The van der Waals surface area contributed by atoms with E-state index in [1.54, 1.807) is 0 Å². The van der Waals surface area contributed by atoms with E-state index in [1.807, 2.05) is 48.9 Å². The van der Waals surface area contributed by atoms with Gasteiger partial charge < -0.3 is 10.6 Å². The van der Waals surface area contributed by atoms with Crippen LogP contribution in [0.1, 0.15) is 29.8 Å². The molecule has 1 amide bonds. The molecule has 0 radical (unpaired) electrons. The van der Waals surface area contributed by atoms with Gasteiger partial charge in [-0.2, -0.15) is 5.10 Å².